The minimum atomic E-state index is -0.855. The smallest absolute Gasteiger partial charge is 0.200 e. The van der Waals surface area contributed by atoms with Gasteiger partial charge >= 0.3 is 0 Å². The van der Waals surface area contributed by atoms with E-state index >= 15 is 0 Å². The van der Waals surface area contributed by atoms with E-state index < -0.39 is 23.3 Å². The predicted molar refractivity (Wildman–Crippen MR) is 159 cm³/mol. The second kappa shape index (κ2) is 14.6. The van der Waals surface area contributed by atoms with Crippen LogP contribution in [0.15, 0.2) is 24.3 Å². The van der Waals surface area contributed by atoms with Crippen LogP contribution in [0.4, 0.5) is 17.6 Å². The van der Waals surface area contributed by atoms with Crippen LogP contribution in [0.5, 0.6) is 5.75 Å². The third kappa shape index (κ3) is 7.17. The lowest BCUT2D eigenvalue weighted by Gasteiger charge is -2.38. The molecule has 0 heterocycles. The van der Waals surface area contributed by atoms with Gasteiger partial charge in [-0.25, -0.2) is 13.2 Å². The average Bonchev–Trinajstić information content (AvgIpc) is 3.02. The molecule has 0 unspecified atom stereocenters. The molecule has 0 bridgehead atoms. The van der Waals surface area contributed by atoms with E-state index in [9.17, 15) is 17.6 Å². The van der Waals surface area contributed by atoms with Crippen LogP contribution in [-0.4, -0.2) is 19.3 Å². The van der Waals surface area contributed by atoms with Crippen molar-refractivity contribution in [1.29, 1.82) is 0 Å². The molecule has 0 aliphatic heterocycles. The number of benzene rings is 2. The molecule has 0 atom stereocenters. The number of hydrogen-bond acceptors (Lipinski definition) is 2. The second-order valence-corrected chi connectivity index (χ2v) is 13.1. The van der Waals surface area contributed by atoms with E-state index in [1.165, 1.54) is 25.7 Å². The lowest BCUT2D eigenvalue weighted by molar-refractivity contribution is -0.00763. The Morgan fingerprint density at radius 3 is 1.76 bits per heavy atom. The Morgan fingerprint density at radius 1 is 0.619 bits per heavy atom. The Labute approximate surface area is 249 Å². The van der Waals surface area contributed by atoms with Gasteiger partial charge in [-0.05, 0) is 143 Å². The highest BCUT2D eigenvalue weighted by atomic mass is 19.2. The molecule has 0 amide bonds. The van der Waals surface area contributed by atoms with Gasteiger partial charge in [0, 0.05) is 6.61 Å². The SMILES string of the molecule is CCCc1ccc(C2CCC(OCC3CCC(C4CCC(c5ccc(OCC)c(F)c5F)CC4)CC3)CC2)c(F)c1F. The number of ether oxygens (including phenoxy) is 2. The van der Waals surface area contributed by atoms with Crippen molar-refractivity contribution in [2.45, 2.75) is 122 Å². The Balaban J connectivity index is 1.01. The van der Waals surface area contributed by atoms with Crippen LogP contribution in [0.2, 0.25) is 0 Å². The van der Waals surface area contributed by atoms with Gasteiger partial charge in [-0.15, -0.1) is 0 Å². The topological polar surface area (TPSA) is 18.5 Å². The van der Waals surface area contributed by atoms with Crippen molar-refractivity contribution in [1.82, 2.24) is 0 Å². The Kier molecular flexibility index (Phi) is 10.9. The molecule has 6 heteroatoms. The fourth-order valence-electron chi connectivity index (χ4n) is 8.05. The van der Waals surface area contributed by atoms with Gasteiger partial charge in [0.25, 0.3) is 0 Å². The predicted octanol–water partition coefficient (Wildman–Crippen LogP) is 10.4. The summed E-state index contributed by atoms with van der Waals surface area (Å²) in [5, 5.41) is 0. The molecular formula is C36H48F4O2. The molecule has 2 aromatic carbocycles. The van der Waals surface area contributed by atoms with Crippen LogP contribution in [0.25, 0.3) is 0 Å². The molecule has 3 saturated carbocycles. The molecular weight excluding hydrogens is 540 g/mol. The summed E-state index contributed by atoms with van der Waals surface area (Å²) in [5.74, 6) is -0.746. The highest BCUT2D eigenvalue weighted by molar-refractivity contribution is 5.33. The van der Waals surface area contributed by atoms with Crippen molar-refractivity contribution in [3.63, 3.8) is 0 Å². The lowest BCUT2D eigenvalue weighted by atomic mass is 9.68. The van der Waals surface area contributed by atoms with Gasteiger partial charge in [-0.3, -0.25) is 0 Å². The normalized spacial score (nSPS) is 28.5. The van der Waals surface area contributed by atoms with E-state index in [1.807, 2.05) is 6.92 Å². The van der Waals surface area contributed by atoms with Gasteiger partial charge in [-0.2, -0.15) is 4.39 Å². The first-order valence-corrected chi connectivity index (χ1v) is 16.6. The van der Waals surface area contributed by atoms with Gasteiger partial charge in [0.05, 0.1) is 12.7 Å². The molecule has 0 radical (unpaired) electrons. The quantitative estimate of drug-likeness (QED) is 0.257. The summed E-state index contributed by atoms with van der Waals surface area (Å²) in [5.41, 5.74) is 1.52. The molecule has 2 aromatic rings. The zero-order valence-electron chi connectivity index (χ0n) is 25.4. The third-order valence-electron chi connectivity index (χ3n) is 10.5. The molecule has 0 saturated heterocycles. The summed E-state index contributed by atoms with van der Waals surface area (Å²) < 4.78 is 69.9. The molecule has 0 spiro atoms. The minimum absolute atomic E-state index is 0.000866. The Morgan fingerprint density at radius 2 is 1.17 bits per heavy atom. The van der Waals surface area contributed by atoms with Crippen LogP contribution in [-0.2, 0) is 11.2 Å². The lowest BCUT2D eigenvalue weighted by Crippen LogP contribution is -2.29. The van der Waals surface area contributed by atoms with Crippen LogP contribution in [0.3, 0.4) is 0 Å². The third-order valence-corrected chi connectivity index (χ3v) is 10.5. The van der Waals surface area contributed by atoms with Crippen LogP contribution in [0.1, 0.15) is 126 Å². The second-order valence-electron chi connectivity index (χ2n) is 13.1. The van der Waals surface area contributed by atoms with Gasteiger partial charge in [-0.1, -0.05) is 31.5 Å². The monoisotopic (exact) mass is 588 g/mol. The van der Waals surface area contributed by atoms with Gasteiger partial charge in [0.15, 0.2) is 23.2 Å². The maximum atomic E-state index is 14.7. The van der Waals surface area contributed by atoms with E-state index in [2.05, 4.69) is 0 Å². The van der Waals surface area contributed by atoms with Crippen molar-refractivity contribution in [2.24, 2.45) is 17.8 Å². The van der Waals surface area contributed by atoms with Crippen molar-refractivity contribution < 1.29 is 27.0 Å². The minimum Gasteiger partial charge on any atom is -0.491 e. The zero-order chi connectivity index (χ0) is 29.6. The molecule has 3 aliphatic rings. The maximum Gasteiger partial charge on any atom is 0.200 e. The summed E-state index contributed by atoms with van der Waals surface area (Å²) in [7, 11) is 0. The number of rotatable bonds is 10. The standard InChI is InChI=1S/C36H48F4O2/c1-3-5-28-16-19-30(34(38)33(28)37)27-14-17-29(18-15-27)42-22-23-6-8-24(9-7-23)25-10-12-26(13-11-25)31-20-21-32(41-4-2)36(40)35(31)39/h16,19-21,23-27,29H,3-15,17-18,22H2,1-2H3. The maximum absolute atomic E-state index is 14.7. The molecule has 2 nitrogen and oxygen atoms in total. The molecule has 5 rings (SSSR count). The molecule has 232 valence electrons. The fraction of sp³-hybridized carbons (Fsp3) is 0.667. The van der Waals surface area contributed by atoms with Crippen molar-refractivity contribution in [2.75, 3.05) is 13.2 Å². The highest BCUT2D eigenvalue weighted by Gasteiger charge is 2.33. The van der Waals surface area contributed by atoms with Crippen molar-refractivity contribution in [3.8, 4) is 5.75 Å². The summed E-state index contributed by atoms with van der Waals surface area (Å²) in [4.78, 5) is 0. The first kappa shape index (κ1) is 31.3. The molecule has 3 aliphatic carbocycles. The van der Waals surface area contributed by atoms with Crippen molar-refractivity contribution >= 4 is 0 Å². The summed E-state index contributed by atoms with van der Waals surface area (Å²) in [6, 6.07) is 6.86. The van der Waals surface area contributed by atoms with E-state index in [0.29, 0.717) is 41.6 Å². The van der Waals surface area contributed by atoms with Crippen LogP contribution < -0.4 is 4.74 Å². The molecule has 3 fully saturated rings. The van der Waals surface area contributed by atoms with Gasteiger partial charge in [0.1, 0.15) is 0 Å². The van der Waals surface area contributed by atoms with Crippen LogP contribution in [0, 0.1) is 41.0 Å². The van der Waals surface area contributed by atoms with Gasteiger partial charge < -0.3 is 9.47 Å². The van der Waals surface area contributed by atoms with Crippen molar-refractivity contribution in [3.05, 3.63) is 64.2 Å². The molecule has 0 N–H and O–H groups in total. The zero-order valence-corrected chi connectivity index (χ0v) is 25.4. The molecule has 0 aromatic heterocycles. The summed E-state index contributed by atoms with van der Waals surface area (Å²) in [6.07, 6.45) is 13.9. The van der Waals surface area contributed by atoms with Gasteiger partial charge in [0.2, 0.25) is 5.82 Å². The number of halogens is 4. The molecule has 42 heavy (non-hydrogen) atoms. The van der Waals surface area contributed by atoms with E-state index in [0.717, 1.165) is 70.3 Å². The summed E-state index contributed by atoms with van der Waals surface area (Å²) >= 11 is 0. The van der Waals surface area contributed by atoms with Crippen LogP contribution >= 0.6 is 0 Å². The van der Waals surface area contributed by atoms with E-state index in [4.69, 9.17) is 9.47 Å². The van der Waals surface area contributed by atoms with E-state index in [1.54, 1.807) is 31.2 Å². The fourth-order valence-corrected chi connectivity index (χ4v) is 8.05. The summed E-state index contributed by atoms with van der Waals surface area (Å²) in [6.45, 7) is 4.86. The average molecular weight is 589 g/mol. The first-order chi connectivity index (χ1) is 20.4. The Hall–Kier alpha value is -2.08. The number of hydrogen-bond donors (Lipinski definition) is 0. The largest absolute Gasteiger partial charge is 0.491 e. The Bertz CT molecular complexity index is 1160. The number of aryl methyl sites for hydroxylation is 1. The highest BCUT2D eigenvalue weighted by Crippen LogP contribution is 2.45. The first-order valence-electron chi connectivity index (χ1n) is 16.6. The van der Waals surface area contributed by atoms with E-state index in [-0.39, 0.29) is 23.7 Å².